The quantitative estimate of drug-likeness (QED) is 0.747. The molecular formula is C16H14ClN3O2S. The predicted octanol–water partition coefficient (Wildman–Crippen LogP) is 4.10. The first-order valence-corrected chi connectivity index (χ1v) is 7.99. The van der Waals surface area contributed by atoms with Gasteiger partial charge in [-0.1, -0.05) is 11.6 Å². The molecule has 3 N–H and O–H groups in total. The van der Waals surface area contributed by atoms with Crippen LogP contribution >= 0.6 is 22.9 Å². The fourth-order valence-corrected chi connectivity index (χ4v) is 3.54. The third-order valence-electron chi connectivity index (χ3n) is 3.45. The highest BCUT2D eigenvalue weighted by atomic mass is 35.5. The second-order valence-electron chi connectivity index (χ2n) is 4.95. The number of nitrogen functional groups attached to an aromatic ring is 1. The first-order chi connectivity index (χ1) is 11.0. The average Bonchev–Trinajstić information content (AvgIpc) is 2.86. The van der Waals surface area contributed by atoms with E-state index in [0.717, 1.165) is 15.8 Å². The Morgan fingerprint density at radius 1 is 1.39 bits per heavy atom. The van der Waals surface area contributed by atoms with Crippen molar-refractivity contribution in [3.05, 3.63) is 45.9 Å². The lowest BCUT2D eigenvalue weighted by molar-refractivity contribution is 0.103. The Bertz CT molecular complexity index is 908. The predicted molar refractivity (Wildman–Crippen MR) is 94.7 cm³/mol. The Labute approximate surface area is 142 Å². The number of pyridine rings is 1. The fourth-order valence-electron chi connectivity index (χ4n) is 2.33. The van der Waals surface area contributed by atoms with E-state index < -0.39 is 0 Å². The monoisotopic (exact) mass is 347 g/mol. The summed E-state index contributed by atoms with van der Waals surface area (Å²) in [5, 5.41) is 4.12. The fraction of sp³-hybridized carbons (Fsp3) is 0.125. The second-order valence-corrected chi connectivity index (χ2v) is 6.39. The van der Waals surface area contributed by atoms with Gasteiger partial charge in [-0.3, -0.25) is 4.79 Å². The van der Waals surface area contributed by atoms with Crippen molar-refractivity contribution >= 4 is 50.4 Å². The van der Waals surface area contributed by atoms with Gasteiger partial charge in [0.05, 0.1) is 18.5 Å². The maximum atomic E-state index is 12.6. The van der Waals surface area contributed by atoms with Gasteiger partial charge in [0.2, 0.25) is 0 Å². The summed E-state index contributed by atoms with van der Waals surface area (Å²) in [6.07, 6.45) is 1.70. The minimum atomic E-state index is -0.314. The molecule has 23 heavy (non-hydrogen) atoms. The molecule has 2 heterocycles. The van der Waals surface area contributed by atoms with Crippen LogP contribution in [0.1, 0.15) is 15.2 Å². The molecule has 5 nitrogen and oxygen atoms in total. The van der Waals surface area contributed by atoms with Gasteiger partial charge in [-0.2, -0.15) is 0 Å². The summed E-state index contributed by atoms with van der Waals surface area (Å²) in [6.45, 7) is 1.94. The molecule has 0 aliphatic heterocycles. The highest BCUT2D eigenvalue weighted by Crippen LogP contribution is 2.35. The normalized spacial score (nSPS) is 10.7. The van der Waals surface area contributed by atoms with E-state index in [1.54, 1.807) is 24.4 Å². The van der Waals surface area contributed by atoms with Gasteiger partial charge in [0.15, 0.2) is 0 Å². The van der Waals surface area contributed by atoms with Crippen molar-refractivity contribution in [2.75, 3.05) is 18.2 Å². The number of thiophene rings is 1. The Hall–Kier alpha value is -2.31. The van der Waals surface area contributed by atoms with Crippen LogP contribution in [-0.2, 0) is 0 Å². The summed E-state index contributed by atoms with van der Waals surface area (Å²) >= 11 is 7.24. The number of hydrogen-bond donors (Lipinski definition) is 2. The van der Waals surface area contributed by atoms with Gasteiger partial charge in [-0.25, -0.2) is 4.98 Å². The number of hydrogen-bond acceptors (Lipinski definition) is 5. The van der Waals surface area contributed by atoms with Gasteiger partial charge in [-0.05, 0) is 36.8 Å². The van der Waals surface area contributed by atoms with Gasteiger partial charge < -0.3 is 15.8 Å². The van der Waals surface area contributed by atoms with E-state index in [-0.39, 0.29) is 5.91 Å². The Balaban J connectivity index is 2.00. The summed E-state index contributed by atoms with van der Waals surface area (Å²) in [4.78, 5) is 18.0. The van der Waals surface area contributed by atoms with Gasteiger partial charge >= 0.3 is 0 Å². The number of anilines is 2. The number of amides is 1. The van der Waals surface area contributed by atoms with E-state index in [1.165, 1.54) is 18.4 Å². The number of rotatable bonds is 3. The van der Waals surface area contributed by atoms with Crippen molar-refractivity contribution in [1.82, 2.24) is 4.98 Å². The lowest BCUT2D eigenvalue weighted by atomic mass is 10.1. The zero-order valence-corrected chi connectivity index (χ0v) is 14.1. The molecule has 0 radical (unpaired) electrons. The summed E-state index contributed by atoms with van der Waals surface area (Å²) in [5.41, 5.74) is 8.07. The number of nitrogens with one attached hydrogen (secondary N) is 1. The van der Waals surface area contributed by atoms with Crippen LogP contribution in [0.2, 0.25) is 5.02 Å². The van der Waals surface area contributed by atoms with E-state index in [2.05, 4.69) is 10.3 Å². The number of aromatic nitrogens is 1. The second kappa shape index (κ2) is 6.06. The van der Waals surface area contributed by atoms with Crippen LogP contribution in [-0.4, -0.2) is 18.0 Å². The molecule has 0 bridgehead atoms. The molecule has 0 spiro atoms. The topological polar surface area (TPSA) is 77.2 Å². The standard InChI is InChI=1S/C16H14ClN3O2S/c1-8-5-6-19-16-12(8)13(18)14(23-16)15(21)20-10-7-9(17)3-4-11(10)22-2/h3-7H,18H2,1-2H3,(H,20,21). The molecule has 0 fully saturated rings. The number of nitrogens with zero attached hydrogens (tertiary/aromatic N) is 1. The van der Waals surface area contributed by atoms with E-state index in [4.69, 9.17) is 22.1 Å². The van der Waals surface area contributed by atoms with Gasteiger partial charge in [0, 0.05) is 16.6 Å². The molecule has 0 aliphatic rings. The largest absolute Gasteiger partial charge is 0.495 e. The number of aryl methyl sites for hydroxylation is 1. The van der Waals surface area contributed by atoms with Crippen molar-refractivity contribution in [3.63, 3.8) is 0 Å². The van der Waals surface area contributed by atoms with Crippen LogP contribution in [0.15, 0.2) is 30.5 Å². The molecule has 0 aliphatic carbocycles. The number of fused-ring (bicyclic) bond motifs is 1. The third-order valence-corrected chi connectivity index (χ3v) is 4.80. The van der Waals surface area contributed by atoms with E-state index in [1.807, 2.05) is 13.0 Å². The lowest BCUT2D eigenvalue weighted by Gasteiger charge is -2.10. The highest BCUT2D eigenvalue weighted by Gasteiger charge is 2.19. The number of benzene rings is 1. The number of nitrogens with two attached hydrogens (primary N) is 1. The van der Waals surface area contributed by atoms with E-state index in [0.29, 0.717) is 27.0 Å². The number of ether oxygens (including phenoxy) is 1. The number of halogens is 1. The van der Waals surface area contributed by atoms with Gasteiger partial charge in [0.25, 0.3) is 5.91 Å². The minimum absolute atomic E-state index is 0.314. The van der Waals surface area contributed by atoms with Crippen molar-refractivity contribution in [2.45, 2.75) is 6.92 Å². The molecule has 3 aromatic rings. The van der Waals surface area contributed by atoms with Crippen LogP contribution in [0.5, 0.6) is 5.75 Å². The van der Waals surface area contributed by atoms with Crippen LogP contribution < -0.4 is 15.8 Å². The molecule has 2 aromatic heterocycles. The molecule has 3 rings (SSSR count). The van der Waals surface area contributed by atoms with Crippen LogP contribution in [0.25, 0.3) is 10.2 Å². The van der Waals surface area contributed by atoms with Crippen molar-refractivity contribution in [3.8, 4) is 5.75 Å². The van der Waals surface area contributed by atoms with Crippen LogP contribution in [0.4, 0.5) is 11.4 Å². The molecule has 0 saturated heterocycles. The summed E-state index contributed by atoms with van der Waals surface area (Å²) < 4.78 is 5.23. The first-order valence-electron chi connectivity index (χ1n) is 6.79. The first kappa shape index (κ1) is 15.6. The van der Waals surface area contributed by atoms with Crippen molar-refractivity contribution in [1.29, 1.82) is 0 Å². The Morgan fingerprint density at radius 2 is 2.17 bits per heavy atom. The smallest absolute Gasteiger partial charge is 0.268 e. The number of carbonyl (C=O) groups is 1. The molecule has 0 saturated carbocycles. The molecule has 1 aromatic carbocycles. The van der Waals surface area contributed by atoms with Gasteiger partial charge in [0.1, 0.15) is 15.5 Å². The van der Waals surface area contributed by atoms with E-state index in [9.17, 15) is 4.79 Å². The van der Waals surface area contributed by atoms with Crippen LogP contribution in [0, 0.1) is 6.92 Å². The maximum absolute atomic E-state index is 12.6. The summed E-state index contributed by atoms with van der Waals surface area (Å²) in [5.74, 6) is 0.210. The number of methoxy groups -OCH3 is 1. The summed E-state index contributed by atoms with van der Waals surface area (Å²) in [6, 6.07) is 6.88. The lowest BCUT2D eigenvalue weighted by Crippen LogP contribution is -2.12. The zero-order valence-electron chi connectivity index (χ0n) is 12.5. The van der Waals surface area contributed by atoms with Crippen LogP contribution in [0.3, 0.4) is 0 Å². The maximum Gasteiger partial charge on any atom is 0.268 e. The molecule has 1 amide bonds. The zero-order chi connectivity index (χ0) is 16.6. The molecule has 0 atom stereocenters. The van der Waals surface area contributed by atoms with Crippen molar-refractivity contribution in [2.24, 2.45) is 0 Å². The summed E-state index contributed by atoms with van der Waals surface area (Å²) in [7, 11) is 1.53. The Morgan fingerprint density at radius 3 is 2.87 bits per heavy atom. The SMILES string of the molecule is COc1ccc(Cl)cc1NC(=O)c1sc2nccc(C)c2c1N. The number of carbonyl (C=O) groups excluding carboxylic acids is 1. The molecule has 7 heteroatoms. The molecule has 118 valence electrons. The van der Waals surface area contributed by atoms with Crippen molar-refractivity contribution < 1.29 is 9.53 Å². The Kier molecular flexibility index (Phi) is 4.11. The average molecular weight is 348 g/mol. The minimum Gasteiger partial charge on any atom is -0.495 e. The van der Waals surface area contributed by atoms with Gasteiger partial charge in [-0.15, -0.1) is 11.3 Å². The third kappa shape index (κ3) is 2.83. The molecule has 0 unspecified atom stereocenters. The highest BCUT2D eigenvalue weighted by molar-refractivity contribution is 7.21. The molecular weight excluding hydrogens is 334 g/mol. The van der Waals surface area contributed by atoms with E-state index >= 15 is 0 Å².